The van der Waals surface area contributed by atoms with Gasteiger partial charge in [0.25, 0.3) is 0 Å². The van der Waals surface area contributed by atoms with Crippen LogP contribution in [0.3, 0.4) is 0 Å². The molecule has 0 unspecified atom stereocenters. The molecule has 4 aromatic rings. The van der Waals surface area contributed by atoms with Crippen molar-refractivity contribution in [2.24, 2.45) is 0 Å². The van der Waals surface area contributed by atoms with E-state index in [4.69, 9.17) is 0 Å². The Morgan fingerprint density at radius 3 is 2.48 bits per heavy atom. The predicted octanol–water partition coefficient (Wildman–Crippen LogP) is 4.87. The van der Waals surface area contributed by atoms with E-state index in [1.54, 1.807) is 34.7 Å². The van der Waals surface area contributed by atoms with Crippen molar-refractivity contribution in [1.29, 1.82) is 0 Å². The van der Waals surface area contributed by atoms with Crippen LogP contribution in [0.1, 0.15) is 5.56 Å². The van der Waals surface area contributed by atoms with Gasteiger partial charge in [0, 0.05) is 50.7 Å². The predicted molar refractivity (Wildman–Crippen MR) is 130 cm³/mol. The van der Waals surface area contributed by atoms with E-state index < -0.39 is 0 Å². The molecule has 1 saturated heterocycles. The summed E-state index contributed by atoms with van der Waals surface area (Å²) in [5, 5.41) is 3.03. The molecule has 0 aliphatic carbocycles. The van der Waals surface area contributed by atoms with Crippen LogP contribution >= 0.6 is 11.3 Å². The summed E-state index contributed by atoms with van der Waals surface area (Å²) >= 11 is 1.56. The zero-order valence-electron chi connectivity index (χ0n) is 18.3. The number of urea groups is 1. The Morgan fingerprint density at radius 2 is 1.76 bits per heavy atom. The molecule has 1 aliphatic heterocycles. The molecule has 168 valence electrons. The second-order valence-electron chi connectivity index (χ2n) is 8.13. The highest BCUT2D eigenvalue weighted by Gasteiger charge is 2.26. The SMILES string of the molecule is CN(Cc1ccccc1)C(=O)N1CCN(c2ncnc3scc(-c4ccc(F)cc4)c23)CC1. The van der Waals surface area contributed by atoms with Crippen LogP contribution in [-0.2, 0) is 6.54 Å². The van der Waals surface area contributed by atoms with Gasteiger partial charge in [-0.2, -0.15) is 0 Å². The Hall–Kier alpha value is -3.52. The van der Waals surface area contributed by atoms with Crippen molar-refractivity contribution in [2.45, 2.75) is 6.54 Å². The van der Waals surface area contributed by atoms with Gasteiger partial charge in [0.05, 0.1) is 5.39 Å². The van der Waals surface area contributed by atoms with Gasteiger partial charge in [0.15, 0.2) is 0 Å². The number of carbonyl (C=O) groups excluding carboxylic acids is 1. The monoisotopic (exact) mass is 461 g/mol. The molecule has 6 nitrogen and oxygen atoms in total. The molecule has 0 N–H and O–H groups in total. The number of piperazine rings is 1. The van der Waals surface area contributed by atoms with E-state index in [1.165, 1.54) is 12.1 Å². The number of carbonyl (C=O) groups is 1. The summed E-state index contributed by atoms with van der Waals surface area (Å²) in [4.78, 5) is 28.8. The van der Waals surface area contributed by atoms with Crippen LogP contribution in [0.2, 0.25) is 0 Å². The summed E-state index contributed by atoms with van der Waals surface area (Å²) in [5.41, 5.74) is 3.06. The van der Waals surface area contributed by atoms with Crippen LogP contribution < -0.4 is 4.90 Å². The van der Waals surface area contributed by atoms with Crippen molar-refractivity contribution in [2.75, 3.05) is 38.1 Å². The normalized spacial score (nSPS) is 14.0. The smallest absolute Gasteiger partial charge is 0.320 e. The van der Waals surface area contributed by atoms with Crippen molar-refractivity contribution in [1.82, 2.24) is 19.8 Å². The first-order valence-corrected chi connectivity index (χ1v) is 11.7. The number of fused-ring (bicyclic) bond motifs is 1. The number of anilines is 1. The van der Waals surface area contributed by atoms with Gasteiger partial charge in [-0.15, -0.1) is 11.3 Å². The lowest BCUT2D eigenvalue weighted by Crippen LogP contribution is -2.52. The number of thiophene rings is 1. The number of nitrogens with zero attached hydrogens (tertiary/aromatic N) is 5. The Morgan fingerprint density at radius 1 is 1.03 bits per heavy atom. The first-order chi connectivity index (χ1) is 16.1. The molecule has 0 atom stereocenters. The van der Waals surface area contributed by atoms with Crippen molar-refractivity contribution >= 4 is 33.4 Å². The first-order valence-electron chi connectivity index (χ1n) is 10.9. The van der Waals surface area contributed by atoms with Crippen LogP contribution in [0.5, 0.6) is 0 Å². The zero-order valence-corrected chi connectivity index (χ0v) is 19.1. The number of halogens is 1. The van der Waals surface area contributed by atoms with Gasteiger partial charge in [0.1, 0.15) is 22.8 Å². The Balaban J connectivity index is 1.32. The second-order valence-corrected chi connectivity index (χ2v) is 8.99. The molecule has 0 radical (unpaired) electrons. The number of hydrogen-bond donors (Lipinski definition) is 0. The summed E-state index contributed by atoms with van der Waals surface area (Å²) < 4.78 is 13.4. The Bertz CT molecular complexity index is 1250. The maximum Gasteiger partial charge on any atom is 0.320 e. The molecule has 1 aliphatic rings. The highest BCUT2D eigenvalue weighted by Crippen LogP contribution is 2.38. The average molecular weight is 462 g/mol. The Kier molecular flexibility index (Phi) is 5.92. The van der Waals surface area contributed by atoms with Crippen LogP contribution in [0.25, 0.3) is 21.3 Å². The van der Waals surface area contributed by atoms with E-state index in [1.807, 2.05) is 42.3 Å². The molecule has 0 bridgehead atoms. The fourth-order valence-corrected chi connectivity index (χ4v) is 5.13. The lowest BCUT2D eigenvalue weighted by atomic mass is 10.1. The lowest BCUT2D eigenvalue weighted by molar-refractivity contribution is 0.157. The molecule has 33 heavy (non-hydrogen) atoms. The van der Waals surface area contributed by atoms with Crippen LogP contribution in [0.4, 0.5) is 15.0 Å². The summed E-state index contributed by atoms with van der Waals surface area (Å²) in [5.74, 6) is 0.609. The third kappa shape index (κ3) is 4.39. The molecule has 5 rings (SSSR count). The van der Waals surface area contributed by atoms with E-state index in [-0.39, 0.29) is 11.8 Å². The van der Waals surface area contributed by atoms with E-state index in [0.717, 1.165) is 32.7 Å². The summed E-state index contributed by atoms with van der Waals surface area (Å²) in [6, 6.07) is 16.6. The van der Waals surface area contributed by atoms with Crippen molar-refractivity contribution < 1.29 is 9.18 Å². The minimum absolute atomic E-state index is 0.0360. The molecule has 2 aromatic heterocycles. The van der Waals surface area contributed by atoms with Crippen molar-refractivity contribution in [3.05, 3.63) is 77.7 Å². The van der Waals surface area contributed by atoms with E-state index in [9.17, 15) is 9.18 Å². The number of amides is 2. The fourth-order valence-electron chi connectivity index (χ4n) is 4.22. The number of hydrogen-bond acceptors (Lipinski definition) is 5. The van der Waals surface area contributed by atoms with Crippen LogP contribution in [0.15, 0.2) is 66.3 Å². The maximum atomic E-state index is 13.4. The third-order valence-electron chi connectivity index (χ3n) is 5.94. The topological polar surface area (TPSA) is 52.6 Å². The molecule has 3 heterocycles. The van der Waals surface area contributed by atoms with Crippen molar-refractivity contribution in [3.8, 4) is 11.1 Å². The summed E-state index contributed by atoms with van der Waals surface area (Å²) in [6.45, 7) is 3.22. The highest BCUT2D eigenvalue weighted by molar-refractivity contribution is 7.17. The summed E-state index contributed by atoms with van der Waals surface area (Å²) in [7, 11) is 1.84. The molecule has 0 saturated carbocycles. The van der Waals surface area contributed by atoms with Gasteiger partial charge < -0.3 is 14.7 Å². The van der Waals surface area contributed by atoms with Gasteiger partial charge in [0.2, 0.25) is 0 Å². The van der Waals surface area contributed by atoms with E-state index in [2.05, 4.69) is 20.2 Å². The van der Waals surface area contributed by atoms with Gasteiger partial charge in [-0.1, -0.05) is 42.5 Å². The van der Waals surface area contributed by atoms with Crippen molar-refractivity contribution in [3.63, 3.8) is 0 Å². The second kappa shape index (κ2) is 9.15. The third-order valence-corrected chi connectivity index (χ3v) is 6.83. The van der Waals surface area contributed by atoms with Gasteiger partial charge in [-0.05, 0) is 23.3 Å². The molecule has 2 aromatic carbocycles. The van der Waals surface area contributed by atoms with E-state index >= 15 is 0 Å². The van der Waals surface area contributed by atoms with Gasteiger partial charge >= 0.3 is 6.03 Å². The lowest BCUT2D eigenvalue weighted by Gasteiger charge is -2.37. The molecule has 2 amide bonds. The fraction of sp³-hybridized carbons (Fsp3) is 0.240. The zero-order chi connectivity index (χ0) is 22.8. The quantitative estimate of drug-likeness (QED) is 0.435. The average Bonchev–Trinajstić information content (AvgIpc) is 3.29. The molecule has 1 fully saturated rings. The van der Waals surface area contributed by atoms with Gasteiger partial charge in [-0.3, -0.25) is 0 Å². The van der Waals surface area contributed by atoms with Crippen LogP contribution in [-0.4, -0.2) is 59.0 Å². The Labute approximate surface area is 195 Å². The van der Waals surface area contributed by atoms with Gasteiger partial charge in [-0.25, -0.2) is 19.2 Å². The molecular weight excluding hydrogens is 437 g/mol. The minimum atomic E-state index is -0.257. The first kappa shape index (κ1) is 21.3. The largest absolute Gasteiger partial charge is 0.352 e. The summed E-state index contributed by atoms with van der Waals surface area (Å²) in [6.07, 6.45) is 1.59. The number of rotatable bonds is 4. The minimum Gasteiger partial charge on any atom is -0.352 e. The molecule has 8 heteroatoms. The highest BCUT2D eigenvalue weighted by atomic mass is 32.1. The van der Waals surface area contributed by atoms with Crippen LogP contribution in [0, 0.1) is 5.82 Å². The maximum absolute atomic E-state index is 13.4. The molecular formula is C25H24FN5OS. The number of benzene rings is 2. The standard InChI is InChI=1S/C25H24FN5OS/c1-29(15-18-5-3-2-4-6-18)25(32)31-13-11-30(12-14-31)23-22-21(16-33-24(22)28-17-27-23)19-7-9-20(26)10-8-19/h2-10,16-17H,11-15H2,1H3. The number of aromatic nitrogens is 2. The molecule has 0 spiro atoms. The van der Waals surface area contributed by atoms with E-state index in [0.29, 0.717) is 32.7 Å².